The molecule has 0 aliphatic rings. The van der Waals surface area contributed by atoms with Crippen LogP contribution in [0.25, 0.3) is 0 Å². The van der Waals surface area contributed by atoms with Gasteiger partial charge in [-0.3, -0.25) is 4.79 Å². The van der Waals surface area contributed by atoms with Crippen molar-refractivity contribution in [1.82, 2.24) is 5.32 Å². The van der Waals surface area contributed by atoms with Gasteiger partial charge in [0.05, 0.1) is 6.04 Å². The number of hydrogen-bond donors (Lipinski definition) is 2. The van der Waals surface area contributed by atoms with Crippen molar-refractivity contribution in [2.75, 3.05) is 6.54 Å². The van der Waals surface area contributed by atoms with Gasteiger partial charge in [-0.25, -0.2) is 0 Å². The van der Waals surface area contributed by atoms with Gasteiger partial charge in [0, 0.05) is 11.4 Å². The first-order chi connectivity index (χ1) is 8.17. The summed E-state index contributed by atoms with van der Waals surface area (Å²) in [7, 11) is 0. The molecule has 0 fully saturated rings. The van der Waals surface area contributed by atoms with Crippen molar-refractivity contribution in [2.45, 2.75) is 32.2 Å². The molecule has 0 aliphatic carbocycles. The van der Waals surface area contributed by atoms with Crippen LogP contribution < -0.4 is 11.1 Å². The zero-order chi connectivity index (χ0) is 12.7. The lowest BCUT2D eigenvalue weighted by atomic mass is 10.0. The van der Waals surface area contributed by atoms with Crippen LogP contribution in [0.4, 0.5) is 0 Å². The Morgan fingerprint density at radius 3 is 2.78 bits per heavy atom. The fraction of sp³-hybridized carbons (Fsp3) is 0.462. The Morgan fingerprint density at radius 1 is 1.50 bits per heavy atom. The smallest absolute Gasteiger partial charge is 0.220 e. The summed E-state index contributed by atoms with van der Waals surface area (Å²) in [4.78, 5) is 11.6. The van der Waals surface area contributed by atoms with Crippen LogP contribution in [0.5, 0.6) is 0 Å². The molecule has 1 amide bonds. The van der Waals surface area contributed by atoms with Crippen LogP contribution in [0.2, 0.25) is 5.02 Å². The van der Waals surface area contributed by atoms with Crippen molar-refractivity contribution in [3.05, 3.63) is 34.9 Å². The highest BCUT2D eigenvalue weighted by Crippen LogP contribution is 2.20. The lowest BCUT2D eigenvalue weighted by molar-refractivity contribution is -0.121. The van der Waals surface area contributed by atoms with Gasteiger partial charge in [-0.15, -0.1) is 12.4 Å². The Kier molecular flexibility index (Phi) is 8.81. The van der Waals surface area contributed by atoms with Crippen molar-refractivity contribution >= 4 is 29.9 Å². The van der Waals surface area contributed by atoms with Crippen molar-refractivity contribution in [3.8, 4) is 0 Å². The average molecular weight is 291 g/mol. The van der Waals surface area contributed by atoms with Gasteiger partial charge < -0.3 is 11.1 Å². The molecular weight excluding hydrogens is 271 g/mol. The van der Waals surface area contributed by atoms with Gasteiger partial charge in [0.1, 0.15) is 0 Å². The molecule has 0 aliphatic heterocycles. The fourth-order valence-electron chi connectivity index (χ4n) is 1.67. The molecule has 0 radical (unpaired) electrons. The van der Waals surface area contributed by atoms with Crippen molar-refractivity contribution < 1.29 is 4.79 Å². The Balaban J connectivity index is 0.00000289. The maximum Gasteiger partial charge on any atom is 0.220 e. The molecule has 0 spiro atoms. The van der Waals surface area contributed by atoms with Crippen LogP contribution in [-0.2, 0) is 4.79 Å². The summed E-state index contributed by atoms with van der Waals surface area (Å²) in [5, 5.41) is 3.68. The number of nitrogens with one attached hydrogen (secondary N) is 1. The number of benzene rings is 1. The summed E-state index contributed by atoms with van der Waals surface area (Å²) in [5.74, 6) is 0.0438. The lowest BCUT2D eigenvalue weighted by Crippen LogP contribution is -2.28. The predicted octanol–water partition coefficient (Wildman–Crippen LogP) is 3.07. The molecule has 5 heteroatoms. The predicted molar refractivity (Wildman–Crippen MR) is 78.2 cm³/mol. The van der Waals surface area contributed by atoms with E-state index in [-0.39, 0.29) is 24.4 Å². The Hall–Kier alpha value is -0.770. The van der Waals surface area contributed by atoms with Gasteiger partial charge in [0.2, 0.25) is 5.91 Å². The van der Waals surface area contributed by atoms with Gasteiger partial charge in [-0.1, -0.05) is 30.7 Å². The highest BCUT2D eigenvalue weighted by Gasteiger charge is 2.12. The molecule has 102 valence electrons. The van der Waals surface area contributed by atoms with E-state index >= 15 is 0 Å². The van der Waals surface area contributed by atoms with E-state index in [1.807, 2.05) is 31.2 Å². The minimum atomic E-state index is 0. The number of amides is 1. The maximum atomic E-state index is 11.6. The van der Waals surface area contributed by atoms with E-state index in [2.05, 4.69) is 5.32 Å². The maximum absolute atomic E-state index is 11.6. The Morgan fingerprint density at radius 2 is 2.22 bits per heavy atom. The topological polar surface area (TPSA) is 55.1 Å². The number of halogens is 2. The third-order valence-electron chi connectivity index (χ3n) is 2.60. The van der Waals surface area contributed by atoms with Gasteiger partial charge in [-0.2, -0.15) is 0 Å². The second-order valence-electron chi connectivity index (χ2n) is 3.98. The van der Waals surface area contributed by atoms with Crippen LogP contribution >= 0.6 is 24.0 Å². The summed E-state index contributed by atoms with van der Waals surface area (Å²) >= 11 is 5.94. The van der Waals surface area contributed by atoms with Crippen LogP contribution in [-0.4, -0.2) is 12.5 Å². The van der Waals surface area contributed by atoms with Crippen LogP contribution in [0.15, 0.2) is 24.3 Å². The minimum Gasteiger partial charge on any atom is -0.349 e. The molecule has 0 saturated carbocycles. The molecule has 3 nitrogen and oxygen atoms in total. The molecule has 3 N–H and O–H groups in total. The molecule has 1 aromatic carbocycles. The molecule has 0 saturated heterocycles. The van der Waals surface area contributed by atoms with Crippen LogP contribution in [0, 0.1) is 0 Å². The zero-order valence-corrected chi connectivity index (χ0v) is 12.1. The van der Waals surface area contributed by atoms with Gasteiger partial charge in [-0.05, 0) is 37.1 Å². The molecule has 1 aromatic rings. The van der Waals surface area contributed by atoms with Gasteiger partial charge in [0.25, 0.3) is 0 Å². The molecule has 0 heterocycles. The van der Waals surface area contributed by atoms with Crippen LogP contribution in [0.1, 0.15) is 37.8 Å². The highest BCUT2D eigenvalue weighted by molar-refractivity contribution is 6.30. The van der Waals surface area contributed by atoms with E-state index in [1.165, 1.54) is 0 Å². The first kappa shape index (κ1) is 17.2. The van der Waals surface area contributed by atoms with E-state index in [4.69, 9.17) is 17.3 Å². The van der Waals surface area contributed by atoms with E-state index in [9.17, 15) is 4.79 Å². The number of hydrogen-bond acceptors (Lipinski definition) is 2. The Labute approximate surface area is 119 Å². The van der Waals surface area contributed by atoms with Crippen molar-refractivity contribution in [2.24, 2.45) is 5.73 Å². The SMILES string of the molecule is CCC(NC(=O)CCCN)c1cccc(Cl)c1.Cl. The lowest BCUT2D eigenvalue weighted by Gasteiger charge is -2.17. The monoisotopic (exact) mass is 290 g/mol. The second kappa shape index (κ2) is 9.20. The third kappa shape index (κ3) is 5.71. The summed E-state index contributed by atoms with van der Waals surface area (Å²) < 4.78 is 0. The molecule has 1 rings (SSSR count). The number of rotatable bonds is 6. The zero-order valence-electron chi connectivity index (χ0n) is 10.5. The first-order valence-corrected chi connectivity index (χ1v) is 6.30. The Bertz CT molecular complexity index is 372. The highest BCUT2D eigenvalue weighted by atomic mass is 35.5. The minimum absolute atomic E-state index is 0. The quantitative estimate of drug-likeness (QED) is 0.846. The number of carbonyl (C=O) groups is 1. The molecule has 0 bridgehead atoms. The molecule has 0 aromatic heterocycles. The van der Waals surface area contributed by atoms with Crippen molar-refractivity contribution in [1.29, 1.82) is 0 Å². The molecular formula is C13H20Cl2N2O. The second-order valence-corrected chi connectivity index (χ2v) is 4.41. The van der Waals surface area contributed by atoms with Crippen LogP contribution in [0.3, 0.4) is 0 Å². The fourth-order valence-corrected chi connectivity index (χ4v) is 1.87. The molecule has 1 unspecified atom stereocenters. The number of carbonyl (C=O) groups excluding carboxylic acids is 1. The summed E-state index contributed by atoms with van der Waals surface area (Å²) in [6.07, 6.45) is 2.04. The van der Waals surface area contributed by atoms with E-state index in [0.29, 0.717) is 18.0 Å². The normalized spacial score (nSPS) is 11.5. The van der Waals surface area contributed by atoms with E-state index < -0.39 is 0 Å². The summed E-state index contributed by atoms with van der Waals surface area (Å²) in [6.45, 7) is 2.58. The summed E-state index contributed by atoms with van der Waals surface area (Å²) in [6, 6.07) is 7.61. The van der Waals surface area contributed by atoms with E-state index in [0.717, 1.165) is 18.4 Å². The largest absolute Gasteiger partial charge is 0.349 e. The number of nitrogens with two attached hydrogens (primary N) is 1. The van der Waals surface area contributed by atoms with Crippen molar-refractivity contribution in [3.63, 3.8) is 0 Å². The van der Waals surface area contributed by atoms with E-state index in [1.54, 1.807) is 0 Å². The summed E-state index contributed by atoms with van der Waals surface area (Å²) in [5.41, 5.74) is 6.42. The molecule has 1 atom stereocenters. The average Bonchev–Trinajstić information content (AvgIpc) is 2.33. The molecule has 18 heavy (non-hydrogen) atoms. The first-order valence-electron chi connectivity index (χ1n) is 5.92. The van der Waals surface area contributed by atoms with Gasteiger partial charge in [0.15, 0.2) is 0 Å². The standard InChI is InChI=1S/C13H19ClN2O.ClH/c1-2-12(16-13(17)7-4-8-15)10-5-3-6-11(14)9-10;/h3,5-6,9,12H,2,4,7-8,15H2,1H3,(H,16,17);1H. The van der Waals surface area contributed by atoms with Gasteiger partial charge >= 0.3 is 0 Å². The third-order valence-corrected chi connectivity index (χ3v) is 2.84.